The number of hydrogen-bond acceptors (Lipinski definition) is 5. The van der Waals surface area contributed by atoms with E-state index in [1.54, 1.807) is 17.4 Å². The Kier molecular flexibility index (Phi) is 3.97. The van der Waals surface area contributed by atoms with Crippen LogP contribution < -0.4 is 0 Å². The topological polar surface area (TPSA) is 48.4 Å². The SMILES string of the molecule is CC(OC1=CC(=O)[C@H]2[C@@H]1C1CCC2(C)O1)c1cnc(-c2ccc(Cl)cc2)s1. The van der Waals surface area contributed by atoms with Gasteiger partial charge in [0.25, 0.3) is 0 Å². The molecule has 6 heteroatoms. The number of carbonyl (C=O) groups is 1. The molecule has 2 bridgehead atoms. The maximum absolute atomic E-state index is 12.5. The van der Waals surface area contributed by atoms with Crippen LogP contribution in [0.5, 0.6) is 0 Å². The molecule has 3 unspecified atom stereocenters. The quantitative estimate of drug-likeness (QED) is 0.707. The van der Waals surface area contributed by atoms with Crippen LogP contribution in [-0.2, 0) is 14.3 Å². The van der Waals surface area contributed by atoms with E-state index >= 15 is 0 Å². The van der Waals surface area contributed by atoms with Gasteiger partial charge in [0.2, 0.25) is 0 Å². The molecule has 5 atom stereocenters. The highest BCUT2D eigenvalue weighted by atomic mass is 35.5. The third kappa shape index (κ3) is 2.75. The van der Waals surface area contributed by atoms with Gasteiger partial charge in [0.15, 0.2) is 5.78 Å². The number of aromatic nitrogens is 1. The van der Waals surface area contributed by atoms with Crippen LogP contribution in [0.3, 0.4) is 0 Å². The summed E-state index contributed by atoms with van der Waals surface area (Å²) in [7, 11) is 0. The fraction of sp³-hybridized carbons (Fsp3) is 0.429. The predicted molar refractivity (Wildman–Crippen MR) is 105 cm³/mol. The number of allylic oxidation sites excluding steroid dienone is 1. The van der Waals surface area contributed by atoms with Crippen LogP contribution >= 0.6 is 22.9 Å². The summed E-state index contributed by atoms with van der Waals surface area (Å²) < 4.78 is 12.4. The first-order valence-electron chi connectivity index (χ1n) is 9.26. The number of carbonyl (C=O) groups excluding carboxylic acids is 1. The van der Waals surface area contributed by atoms with Gasteiger partial charge < -0.3 is 9.47 Å². The average molecular weight is 402 g/mol. The van der Waals surface area contributed by atoms with Crippen molar-refractivity contribution in [3.8, 4) is 10.6 Å². The van der Waals surface area contributed by atoms with Crippen LogP contribution in [0.15, 0.2) is 42.3 Å². The Hall–Kier alpha value is -1.69. The summed E-state index contributed by atoms with van der Waals surface area (Å²) in [5.41, 5.74) is 0.719. The molecule has 5 rings (SSSR count). The summed E-state index contributed by atoms with van der Waals surface area (Å²) in [5.74, 6) is 0.928. The average Bonchev–Trinajstić information content (AvgIpc) is 3.38. The highest BCUT2D eigenvalue weighted by Crippen LogP contribution is 2.57. The second-order valence-corrected chi connectivity index (χ2v) is 9.29. The Bertz CT molecular complexity index is 937. The largest absolute Gasteiger partial charge is 0.489 e. The molecule has 0 radical (unpaired) electrons. The van der Waals surface area contributed by atoms with Crippen molar-refractivity contribution in [2.45, 2.75) is 44.5 Å². The second kappa shape index (κ2) is 6.16. The van der Waals surface area contributed by atoms with Crippen molar-refractivity contribution in [3.63, 3.8) is 0 Å². The normalized spacial score (nSPS) is 32.5. The zero-order chi connectivity index (χ0) is 18.8. The number of hydrogen-bond donors (Lipinski definition) is 0. The molecule has 2 aromatic rings. The van der Waals surface area contributed by atoms with Crippen LogP contribution in [0.4, 0.5) is 0 Å². The number of nitrogens with zero attached hydrogens (tertiary/aromatic N) is 1. The van der Waals surface area contributed by atoms with Crippen molar-refractivity contribution in [2.24, 2.45) is 11.8 Å². The molecule has 4 nitrogen and oxygen atoms in total. The number of halogens is 1. The van der Waals surface area contributed by atoms with E-state index in [2.05, 4.69) is 11.9 Å². The van der Waals surface area contributed by atoms with Gasteiger partial charge in [-0.15, -0.1) is 11.3 Å². The molecule has 27 heavy (non-hydrogen) atoms. The number of ether oxygens (including phenoxy) is 2. The maximum Gasteiger partial charge on any atom is 0.165 e. The van der Waals surface area contributed by atoms with Gasteiger partial charge in [0.1, 0.15) is 16.9 Å². The molecule has 2 saturated heterocycles. The molecular weight excluding hydrogens is 382 g/mol. The number of ketones is 1. The smallest absolute Gasteiger partial charge is 0.165 e. The fourth-order valence-corrected chi connectivity index (χ4v) is 5.72. The van der Waals surface area contributed by atoms with Gasteiger partial charge in [-0.3, -0.25) is 4.79 Å². The summed E-state index contributed by atoms with van der Waals surface area (Å²) in [6.07, 6.45) is 5.46. The molecule has 1 aromatic heterocycles. The lowest BCUT2D eigenvalue weighted by Gasteiger charge is -2.29. The van der Waals surface area contributed by atoms with E-state index in [4.69, 9.17) is 21.1 Å². The Morgan fingerprint density at radius 2 is 2.15 bits per heavy atom. The Morgan fingerprint density at radius 3 is 2.93 bits per heavy atom. The van der Waals surface area contributed by atoms with Crippen LogP contribution in [-0.4, -0.2) is 22.5 Å². The number of fused-ring (bicyclic) bond motifs is 5. The number of thiazole rings is 1. The first-order chi connectivity index (χ1) is 12.9. The number of rotatable bonds is 4. The second-order valence-electron chi connectivity index (χ2n) is 7.79. The molecule has 0 spiro atoms. The van der Waals surface area contributed by atoms with Crippen molar-refractivity contribution < 1.29 is 14.3 Å². The minimum Gasteiger partial charge on any atom is -0.489 e. The molecule has 0 saturated carbocycles. The van der Waals surface area contributed by atoms with Gasteiger partial charge in [0, 0.05) is 22.9 Å². The lowest BCUT2D eigenvalue weighted by Crippen LogP contribution is -2.37. The maximum atomic E-state index is 12.5. The fourth-order valence-electron chi connectivity index (χ4n) is 4.70. The van der Waals surface area contributed by atoms with E-state index in [1.807, 2.05) is 37.4 Å². The van der Waals surface area contributed by atoms with E-state index < -0.39 is 0 Å². The molecule has 0 amide bonds. The molecule has 3 heterocycles. The molecular formula is C21H20ClNO3S. The first-order valence-corrected chi connectivity index (χ1v) is 10.5. The van der Waals surface area contributed by atoms with Crippen molar-refractivity contribution in [1.29, 1.82) is 0 Å². The molecule has 2 fully saturated rings. The summed E-state index contributed by atoms with van der Waals surface area (Å²) in [6.45, 7) is 4.07. The lowest BCUT2D eigenvalue weighted by atomic mass is 9.73. The highest BCUT2D eigenvalue weighted by molar-refractivity contribution is 7.15. The van der Waals surface area contributed by atoms with Crippen molar-refractivity contribution in [3.05, 3.63) is 52.2 Å². The number of benzene rings is 1. The zero-order valence-electron chi connectivity index (χ0n) is 15.1. The Labute approximate surface area is 167 Å². The van der Waals surface area contributed by atoms with Gasteiger partial charge in [-0.1, -0.05) is 23.7 Å². The highest BCUT2D eigenvalue weighted by Gasteiger charge is 2.63. The monoisotopic (exact) mass is 401 g/mol. The summed E-state index contributed by atoms with van der Waals surface area (Å²) in [5, 5.41) is 1.64. The molecule has 0 N–H and O–H groups in total. The van der Waals surface area contributed by atoms with Gasteiger partial charge in [-0.2, -0.15) is 0 Å². The van der Waals surface area contributed by atoms with E-state index in [0.717, 1.165) is 34.0 Å². The van der Waals surface area contributed by atoms with E-state index in [1.165, 1.54) is 0 Å². The van der Waals surface area contributed by atoms with Crippen LogP contribution in [0, 0.1) is 11.8 Å². The van der Waals surface area contributed by atoms with Gasteiger partial charge in [-0.05, 0) is 38.8 Å². The third-order valence-electron chi connectivity index (χ3n) is 6.01. The van der Waals surface area contributed by atoms with Gasteiger partial charge in [0.05, 0.1) is 28.4 Å². The molecule has 1 aliphatic carbocycles. The minimum atomic E-state index is -0.316. The van der Waals surface area contributed by atoms with E-state index in [0.29, 0.717) is 5.02 Å². The third-order valence-corrected chi connectivity index (χ3v) is 7.47. The summed E-state index contributed by atoms with van der Waals surface area (Å²) >= 11 is 7.56. The van der Waals surface area contributed by atoms with E-state index in [9.17, 15) is 4.79 Å². The van der Waals surface area contributed by atoms with Crippen LogP contribution in [0.1, 0.15) is 37.7 Å². The van der Waals surface area contributed by atoms with Crippen molar-refractivity contribution in [1.82, 2.24) is 4.98 Å². The van der Waals surface area contributed by atoms with Crippen LogP contribution in [0.25, 0.3) is 10.6 Å². The summed E-state index contributed by atoms with van der Waals surface area (Å²) in [6, 6.07) is 7.66. The Balaban J connectivity index is 1.34. The standard InChI is InChI=1S/C21H20ClNO3S/c1-11(17-10-23-20(27-17)12-3-5-13(22)6-4-12)25-16-9-14(24)19-18(16)15-7-8-21(19,2)26-15/h3-6,9-11,15,18-19H,7-8H2,1-2H3/t11?,15?,18-,19+,21?/m1/s1. The molecule has 2 aliphatic heterocycles. The zero-order valence-corrected chi connectivity index (χ0v) is 16.7. The van der Waals surface area contributed by atoms with Crippen LogP contribution in [0.2, 0.25) is 5.02 Å². The molecule has 3 aliphatic rings. The Morgan fingerprint density at radius 1 is 1.37 bits per heavy atom. The van der Waals surface area contributed by atoms with Crippen molar-refractivity contribution >= 4 is 28.7 Å². The summed E-state index contributed by atoms with van der Waals surface area (Å²) in [4.78, 5) is 18.1. The lowest BCUT2D eigenvalue weighted by molar-refractivity contribution is -0.122. The predicted octanol–water partition coefficient (Wildman–Crippen LogP) is 5.19. The van der Waals surface area contributed by atoms with Crippen molar-refractivity contribution in [2.75, 3.05) is 0 Å². The van der Waals surface area contributed by atoms with Gasteiger partial charge in [-0.25, -0.2) is 4.98 Å². The first kappa shape index (κ1) is 17.4. The minimum absolute atomic E-state index is 0.0716. The molecule has 140 valence electrons. The van der Waals surface area contributed by atoms with E-state index in [-0.39, 0.29) is 35.4 Å². The molecule has 1 aromatic carbocycles. The van der Waals surface area contributed by atoms with Gasteiger partial charge >= 0.3 is 0 Å².